The summed E-state index contributed by atoms with van der Waals surface area (Å²) in [4.78, 5) is 14.6. The van der Waals surface area contributed by atoms with Gasteiger partial charge in [0, 0.05) is 30.6 Å². The Morgan fingerprint density at radius 3 is 2.66 bits per heavy atom. The van der Waals surface area contributed by atoms with Crippen LogP contribution in [0.2, 0.25) is 0 Å². The van der Waals surface area contributed by atoms with Gasteiger partial charge in [0.2, 0.25) is 5.91 Å². The summed E-state index contributed by atoms with van der Waals surface area (Å²) in [5, 5.41) is 12.7. The Balaban J connectivity index is 1.26. The topological polar surface area (TPSA) is 99.1 Å². The maximum atomic E-state index is 12.9. The fourth-order valence-electron chi connectivity index (χ4n) is 4.14. The van der Waals surface area contributed by atoms with E-state index in [1.165, 1.54) is 6.07 Å². The highest BCUT2D eigenvalue weighted by Gasteiger charge is 2.34. The molecule has 0 bridgehead atoms. The number of aromatic nitrogens is 2. The Morgan fingerprint density at radius 2 is 1.97 bits per heavy atom. The second kappa shape index (κ2) is 7.83. The number of hydrogen-bond acceptors (Lipinski definition) is 5. The number of nitrogens with one attached hydrogen (secondary N) is 3. The second-order valence-electron chi connectivity index (χ2n) is 7.97. The lowest BCUT2D eigenvalue weighted by Gasteiger charge is -2.46. The number of likely N-dealkylation sites (tertiary alicyclic amines) is 1. The van der Waals surface area contributed by atoms with Crippen LogP contribution in [0.1, 0.15) is 31.2 Å². The van der Waals surface area contributed by atoms with Gasteiger partial charge >= 0.3 is 6.18 Å². The largest absolute Gasteiger partial charge is 0.416 e. The number of benzene rings is 1. The average Bonchev–Trinajstić information content (AvgIpc) is 3.05. The van der Waals surface area contributed by atoms with E-state index in [0.29, 0.717) is 23.0 Å². The maximum absolute atomic E-state index is 12.9. The number of rotatable bonds is 5. The number of fused-ring (bicyclic) bond motifs is 1. The summed E-state index contributed by atoms with van der Waals surface area (Å²) in [6.07, 6.45) is -0.115. The van der Waals surface area contributed by atoms with E-state index in [2.05, 4.69) is 25.7 Å². The molecule has 0 radical (unpaired) electrons. The first-order chi connectivity index (χ1) is 13.8. The van der Waals surface area contributed by atoms with Crippen LogP contribution in [0.25, 0.3) is 10.9 Å². The van der Waals surface area contributed by atoms with Gasteiger partial charge in [0.1, 0.15) is 0 Å². The lowest BCUT2D eigenvalue weighted by atomic mass is 9.88. The monoisotopic (exact) mass is 410 g/mol. The van der Waals surface area contributed by atoms with Gasteiger partial charge in [-0.2, -0.15) is 18.3 Å². The number of amides is 1. The zero-order chi connectivity index (χ0) is 20.6. The highest BCUT2D eigenvalue weighted by Crippen LogP contribution is 2.32. The third-order valence-corrected chi connectivity index (χ3v) is 5.84. The van der Waals surface area contributed by atoms with Gasteiger partial charge in [-0.1, -0.05) is 0 Å². The van der Waals surface area contributed by atoms with E-state index in [-0.39, 0.29) is 24.3 Å². The molecule has 158 valence electrons. The van der Waals surface area contributed by atoms with Crippen LogP contribution in [-0.2, 0) is 11.0 Å². The van der Waals surface area contributed by atoms with Crippen LogP contribution in [0.15, 0.2) is 18.2 Å². The molecule has 2 aliphatic rings. The van der Waals surface area contributed by atoms with Gasteiger partial charge in [0.25, 0.3) is 0 Å². The number of anilines is 1. The molecular weight excluding hydrogens is 385 g/mol. The maximum Gasteiger partial charge on any atom is 0.416 e. The number of nitrogens with zero attached hydrogens (tertiary/aromatic N) is 2. The molecule has 1 aliphatic heterocycles. The van der Waals surface area contributed by atoms with Gasteiger partial charge in [0.05, 0.1) is 23.7 Å². The van der Waals surface area contributed by atoms with Crippen molar-refractivity contribution >= 4 is 22.6 Å². The Labute approximate surface area is 166 Å². The normalized spacial score (nSPS) is 23.7. The summed E-state index contributed by atoms with van der Waals surface area (Å²) in [5.74, 6) is 0.0264. The van der Waals surface area contributed by atoms with Gasteiger partial charge in [-0.3, -0.25) is 14.8 Å². The van der Waals surface area contributed by atoms with Crippen molar-refractivity contribution in [1.29, 1.82) is 0 Å². The Kier molecular flexibility index (Phi) is 5.39. The molecule has 29 heavy (non-hydrogen) atoms. The van der Waals surface area contributed by atoms with Crippen molar-refractivity contribution in [1.82, 2.24) is 20.4 Å². The average molecular weight is 410 g/mol. The van der Waals surface area contributed by atoms with E-state index in [9.17, 15) is 18.0 Å². The molecule has 1 saturated carbocycles. The molecule has 1 saturated heterocycles. The standard InChI is InChI=1S/C19H25F3N6O/c20-19(21,22)11-1-6-16-15(7-11)18(27-26-16)24-8-17(29)25-13-9-28(10-13)14-4-2-12(23)3-5-14/h1,6-7,12-14H,2-5,8-10,23H2,(H,25,29)(H2,24,26,27). The molecule has 1 aromatic carbocycles. The SMILES string of the molecule is NC1CCC(N2CC(NC(=O)CNc3n[nH]c4ccc(C(F)(F)F)cc34)C2)CC1. The van der Waals surface area contributed by atoms with Crippen molar-refractivity contribution in [3.8, 4) is 0 Å². The minimum absolute atomic E-state index is 0.0506. The summed E-state index contributed by atoms with van der Waals surface area (Å²) in [7, 11) is 0. The molecule has 4 rings (SSSR count). The predicted octanol–water partition coefficient (Wildman–Crippen LogP) is 2.06. The van der Waals surface area contributed by atoms with Crippen LogP contribution in [0, 0.1) is 0 Å². The lowest BCUT2D eigenvalue weighted by Crippen LogP contribution is -2.63. The van der Waals surface area contributed by atoms with Crippen molar-refractivity contribution in [2.75, 3.05) is 25.0 Å². The number of alkyl halides is 3. The first-order valence-corrected chi connectivity index (χ1v) is 9.88. The molecule has 5 N–H and O–H groups in total. The summed E-state index contributed by atoms with van der Waals surface area (Å²) in [6.45, 7) is 1.60. The van der Waals surface area contributed by atoms with Crippen molar-refractivity contribution < 1.29 is 18.0 Å². The van der Waals surface area contributed by atoms with Crippen LogP contribution in [0.5, 0.6) is 0 Å². The Bertz CT molecular complexity index is 868. The Morgan fingerprint density at radius 1 is 1.24 bits per heavy atom. The number of nitrogens with two attached hydrogens (primary N) is 1. The number of hydrogen-bond donors (Lipinski definition) is 4. The van der Waals surface area contributed by atoms with Gasteiger partial charge in [-0.05, 0) is 43.9 Å². The molecule has 1 aromatic heterocycles. The fourth-order valence-corrected chi connectivity index (χ4v) is 4.14. The van der Waals surface area contributed by atoms with Crippen molar-refractivity contribution in [3.63, 3.8) is 0 Å². The van der Waals surface area contributed by atoms with Crippen molar-refractivity contribution in [2.45, 2.75) is 50.0 Å². The van der Waals surface area contributed by atoms with Crippen molar-refractivity contribution in [2.24, 2.45) is 5.73 Å². The predicted molar refractivity (Wildman–Crippen MR) is 103 cm³/mol. The third kappa shape index (κ3) is 4.48. The number of carbonyl (C=O) groups excluding carboxylic acids is 1. The summed E-state index contributed by atoms with van der Waals surface area (Å²) >= 11 is 0. The van der Waals surface area contributed by atoms with Gasteiger partial charge in [-0.25, -0.2) is 0 Å². The Hall–Kier alpha value is -2.33. The molecule has 0 unspecified atom stereocenters. The van der Waals surface area contributed by atoms with Crippen LogP contribution in [-0.4, -0.2) is 58.8 Å². The first kappa shape index (κ1) is 20.0. The highest BCUT2D eigenvalue weighted by atomic mass is 19.4. The van der Waals surface area contributed by atoms with E-state index in [4.69, 9.17) is 5.73 Å². The number of aromatic amines is 1. The molecule has 0 spiro atoms. The molecule has 2 fully saturated rings. The zero-order valence-corrected chi connectivity index (χ0v) is 15.9. The van der Waals surface area contributed by atoms with Gasteiger partial charge < -0.3 is 16.4 Å². The fraction of sp³-hybridized carbons (Fsp3) is 0.579. The number of halogens is 3. The van der Waals surface area contributed by atoms with E-state index >= 15 is 0 Å². The quantitative estimate of drug-likeness (QED) is 0.605. The van der Waals surface area contributed by atoms with Crippen molar-refractivity contribution in [3.05, 3.63) is 23.8 Å². The summed E-state index contributed by atoms with van der Waals surface area (Å²) in [5.41, 5.74) is 5.66. The number of carbonyl (C=O) groups is 1. The van der Waals surface area contributed by atoms with Gasteiger partial charge in [0.15, 0.2) is 5.82 Å². The zero-order valence-electron chi connectivity index (χ0n) is 15.9. The molecule has 2 aromatic rings. The molecular formula is C19H25F3N6O. The summed E-state index contributed by atoms with van der Waals surface area (Å²) in [6, 6.07) is 4.34. The molecule has 0 atom stereocenters. The van der Waals surface area contributed by atoms with Crippen LogP contribution in [0.3, 0.4) is 0 Å². The first-order valence-electron chi connectivity index (χ1n) is 9.88. The molecule has 1 amide bonds. The minimum atomic E-state index is -4.43. The van der Waals surface area contributed by atoms with Crippen LogP contribution in [0.4, 0.5) is 19.0 Å². The van der Waals surface area contributed by atoms with E-state index in [1.807, 2.05) is 0 Å². The number of H-pyrrole nitrogens is 1. The lowest BCUT2D eigenvalue weighted by molar-refractivity contribution is -0.137. The minimum Gasteiger partial charge on any atom is -0.359 e. The second-order valence-corrected chi connectivity index (χ2v) is 7.97. The van der Waals surface area contributed by atoms with Gasteiger partial charge in [-0.15, -0.1) is 0 Å². The van der Waals surface area contributed by atoms with E-state index in [1.54, 1.807) is 0 Å². The van der Waals surface area contributed by atoms with Crippen LogP contribution < -0.4 is 16.4 Å². The molecule has 1 aliphatic carbocycles. The molecule has 7 nitrogen and oxygen atoms in total. The van der Waals surface area contributed by atoms with Crippen LogP contribution >= 0.6 is 0 Å². The van der Waals surface area contributed by atoms with E-state index < -0.39 is 11.7 Å². The smallest absolute Gasteiger partial charge is 0.359 e. The molecule has 2 heterocycles. The third-order valence-electron chi connectivity index (χ3n) is 5.84. The highest BCUT2D eigenvalue weighted by molar-refractivity contribution is 5.92. The van der Waals surface area contributed by atoms with E-state index in [0.717, 1.165) is 50.9 Å². The summed E-state index contributed by atoms with van der Waals surface area (Å²) < 4.78 is 38.7. The molecule has 10 heteroatoms.